The fourth-order valence-electron chi connectivity index (χ4n) is 1.34. The van der Waals surface area contributed by atoms with Gasteiger partial charge in [0.15, 0.2) is 4.34 Å². The van der Waals surface area contributed by atoms with E-state index in [2.05, 4.69) is 20.8 Å². The number of nitrogens with one attached hydrogen (secondary N) is 2. The van der Waals surface area contributed by atoms with Gasteiger partial charge in [-0.3, -0.25) is 15.4 Å². The lowest BCUT2D eigenvalue weighted by molar-refractivity contribution is 0.0967. The molecule has 104 valence electrons. The smallest absolute Gasteiger partial charge is 0.282 e. The highest BCUT2D eigenvalue weighted by Gasteiger charge is 2.12. The average molecular weight is 308 g/mol. The number of carbonyl (C=O) groups excluding carboxylic acids is 2. The molecule has 0 spiro atoms. The molecule has 0 saturated heterocycles. The standard InChI is InChI=1S/C12H12N4O2S2/c1-2-19-12-16-15-11(20-12)14-10(18)13-9(17)8-6-4-3-5-7-8/h3-7H,2H2,1H3,(H2,13,14,15,17,18). The first kappa shape index (κ1) is 14.5. The number of thioether (sulfide) groups is 1. The summed E-state index contributed by atoms with van der Waals surface area (Å²) in [6.45, 7) is 2.00. The Bertz CT molecular complexity index is 601. The largest absolute Gasteiger partial charge is 0.328 e. The van der Waals surface area contributed by atoms with E-state index in [1.54, 1.807) is 42.1 Å². The molecule has 3 amide bonds. The average Bonchev–Trinajstić information content (AvgIpc) is 2.87. The van der Waals surface area contributed by atoms with Crippen molar-refractivity contribution in [2.45, 2.75) is 11.3 Å². The summed E-state index contributed by atoms with van der Waals surface area (Å²) in [7, 11) is 0. The molecule has 0 aliphatic rings. The first-order chi connectivity index (χ1) is 9.69. The number of hydrogen-bond donors (Lipinski definition) is 2. The monoisotopic (exact) mass is 308 g/mol. The molecule has 0 saturated carbocycles. The Kier molecular flexibility index (Phi) is 5.08. The van der Waals surface area contributed by atoms with Crippen LogP contribution in [-0.2, 0) is 0 Å². The molecule has 0 bridgehead atoms. The summed E-state index contributed by atoms with van der Waals surface area (Å²) in [5, 5.41) is 12.8. The highest BCUT2D eigenvalue weighted by atomic mass is 32.2. The zero-order chi connectivity index (χ0) is 14.4. The molecule has 8 heteroatoms. The van der Waals surface area contributed by atoms with Crippen LogP contribution in [0.3, 0.4) is 0 Å². The van der Waals surface area contributed by atoms with Gasteiger partial charge >= 0.3 is 6.03 Å². The van der Waals surface area contributed by atoms with E-state index in [-0.39, 0.29) is 0 Å². The molecule has 6 nitrogen and oxygen atoms in total. The molecule has 0 atom stereocenters. The number of aromatic nitrogens is 2. The summed E-state index contributed by atoms with van der Waals surface area (Å²) in [6.07, 6.45) is 0. The van der Waals surface area contributed by atoms with Crippen LogP contribution in [0.25, 0.3) is 0 Å². The second kappa shape index (κ2) is 7.01. The SMILES string of the molecule is CCSc1nnc(NC(=O)NC(=O)c2ccccc2)s1. The van der Waals surface area contributed by atoms with Crippen molar-refractivity contribution in [3.63, 3.8) is 0 Å². The second-order valence-corrected chi connectivity index (χ2v) is 6.07. The van der Waals surface area contributed by atoms with E-state index in [1.165, 1.54) is 11.3 Å². The van der Waals surface area contributed by atoms with Gasteiger partial charge in [-0.15, -0.1) is 10.2 Å². The number of carbonyl (C=O) groups is 2. The quantitative estimate of drug-likeness (QED) is 0.670. The lowest BCUT2D eigenvalue weighted by atomic mass is 10.2. The minimum Gasteiger partial charge on any atom is -0.282 e. The fourth-order valence-corrected chi connectivity index (χ4v) is 2.98. The number of amides is 3. The molecule has 1 heterocycles. The third kappa shape index (κ3) is 4.04. The molecule has 0 aliphatic heterocycles. The lowest BCUT2D eigenvalue weighted by Gasteiger charge is -2.03. The molecule has 1 aromatic heterocycles. The van der Waals surface area contributed by atoms with Gasteiger partial charge in [-0.25, -0.2) is 4.79 Å². The Hall–Kier alpha value is -1.93. The van der Waals surface area contributed by atoms with Gasteiger partial charge in [0.2, 0.25) is 5.13 Å². The molecule has 0 radical (unpaired) electrons. The molecule has 0 fully saturated rings. The van der Waals surface area contributed by atoms with Crippen LogP contribution in [0, 0.1) is 0 Å². The van der Waals surface area contributed by atoms with Crippen molar-refractivity contribution in [3.8, 4) is 0 Å². The van der Waals surface area contributed by atoms with Crippen molar-refractivity contribution < 1.29 is 9.59 Å². The predicted octanol–water partition coefficient (Wildman–Crippen LogP) is 2.61. The summed E-state index contributed by atoms with van der Waals surface area (Å²) in [4.78, 5) is 23.4. The highest BCUT2D eigenvalue weighted by Crippen LogP contribution is 2.24. The van der Waals surface area contributed by atoms with E-state index in [0.29, 0.717) is 10.7 Å². The Balaban J connectivity index is 1.90. The van der Waals surface area contributed by atoms with Crippen LogP contribution in [0.1, 0.15) is 17.3 Å². The summed E-state index contributed by atoms with van der Waals surface area (Å²) >= 11 is 2.81. The maximum atomic E-state index is 11.7. The molecular weight excluding hydrogens is 296 g/mol. The molecule has 2 rings (SSSR count). The third-order valence-corrected chi connectivity index (χ3v) is 4.01. The van der Waals surface area contributed by atoms with Crippen molar-refractivity contribution in [2.24, 2.45) is 0 Å². The van der Waals surface area contributed by atoms with Gasteiger partial charge in [0.25, 0.3) is 5.91 Å². The minimum atomic E-state index is -0.622. The summed E-state index contributed by atoms with van der Waals surface area (Å²) in [5.74, 6) is 0.420. The third-order valence-electron chi connectivity index (χ3n) is 2.16. The van der Waals surface area contributed by atoms with Crippen molar-refractivity contribution in [2.75, 3.05) is 11.1 Å². The fraction of sp³-hybridized carbons (Fsp3) is 0.167. The van der Waals surface area contributed by atoms with Crippen molar-refractivity contribution in [3.05, 3.63) is 35.9 Å². The summed E-state index contributed by atoms with van der Waals surface area (Å²) in [5.41, 5.74) is 0.419. The van der Waals surface area contributed by atoms with Crippen LogP contribution >= 0.6 is 23.1 Å². The zero-order valence-electron chi connectivity index (χ0n) is 10.6. The van der Waals surface area contributed by atoms with Crippen molar-refractivity contribution in [1.29, 1.82) is 0 Å². The Morgan fingerprint density at radius 2 is 2.00 bits per heavy atom. The van der Waals surface area contributed by atoms with Gasteiger partial charge in [-0.2, -0.15) is 0 Å². The number of hydrogen-bond acceptors (Lipinski definition) is 6. The van der Waals surface area contributed by atoms with E-state index >= 15 is 0 Å². The highest BCUT2D eigenvalue weighted by molar-refractivity contribution is 8.01. The van der Waals surface area contributed by atoms with Crippen LogP contribution in [0.15, 0.2) is 34.7 Å². The number of nitrogens with zero attached hydrogens (tertiary/aromatic N) is 2. The molecule has 20 heavy (non-hydrogen) atoms. The van der Waals surface area contributed by atoms with Crippen molar-refractivity contribution >= 4 is 40.2 Å². The van der Waals surface area contributed by atoms with Crippen molar-refractivity contribution in [1.82, 2.24) is 15.5 Å². The first-order valence-electron chi connectivity index (χ1n) is 5.82. The lowest BCUT2D eigenvalue weighted by Crippen LogP contribution is -2.34. The molecule has 1 aromatic carbocycles. The number of imide groups is 1. The topological polar surface area (TPSA) is 84.0 Å². The minimum absolute atomic E-state index is 0.360. The van der Waals surface area contributed by atoms with Gasteiger partial charge in [0.1, 0.15) is 0 Å². The van der Waals surface area contributed by atoms with Gasteiger partial charge in [-0.1, -0.05) is 48.2 Å². The normalized spacial score (nSPS) is 10.1. The van der Waals surface area contributed by atoms with E-state index < -0.39 is 11.9 Å². The Morgan fingerprint density at radius 3 is 2.70 bits per heavy atom. The molecule has 0 aliphatic carbocycles. The van der Waals surface area contributed by atoms with E-state index in [1.807, 2.05) is 6.92 Å². The van der Waals surface area contributed by atoms with Crippen LogP contribution in [-0.4, -0.2) is 27.9 Å². The molecule has 2 N–H and O–H groups in total. The predicted molar refractivity (Wildman–Crippen MR) is 79.2 cm³/mol. The van der Waals surface area contributed by atoms with Gasteiger partial charge in [-0.05, 0) is 17.9 Å². The number of rotatable bonds is 4. The van der Waals surface area contributed by atoms with Crippen LogP contribution in [0.4, 0.5) is 9.93 Å². The number of anilines is 1. The van der Waals surface area contributed by atoms with Gasteiger partial charge in [0, 0.05) is 5.56 Å². The molecule has 0 unspecified atom stereocenters. The zero-order valence-corrected chi connectivity index (χ0v) is 12.3. The Morgan fingerprint density at radius 1 is 1.25 bits per heavy atom. The van der Waals surface area contributed by atoms with Crippen LogP contribution < -0.4 is 10.6 Å². The maximum absolute atomic E-state index is 11.7. The number of urea groups is 1. The first-order valence-corrected chi connectivity index (χ1v) is 7.63. The Labute approximate surface area is 124 Å². The second-order valence-electron chi connectivity index (χ2n) is 3.58. The van der Waals surface area contributed by atoms with Gasteiger partial charge < -0.3 is 0 Å². The molecule has 2 aromatic rings. The maximum Gasteiger partial charge on any atom is 0.328 e. The van der Waals surface area contributed by atoms with Crippen LogP contribution in [0.5, 0.6) is 0 Å². The number of benzene rings is 1. The van der Waals surface area contributed by atoms with E-state index in [4.69, 9.17) is 0 Å². The van der Waals surface area contributed by atoms with E-state index in [0.717, 1.165) is 10.1 Å². The van der Waals surface area contributed by atoms with Gasteiger partial charge in [0.05, 0.1) is 0 Å². The molecular formula is C12H12N4O2S2. The summed E-state index contributed by atoms with van der Waals surface area (Å²) in [6, 6.07) is 7.89. The summed E-state index contributed by atoms with van der Waals surface area (Å²) < 4.78 is 0.775. The van der Waals surface area contributed by atoms with Crippen LogP contribution in [0.2, 0.25) is 0 Å². The van der Waals surface area contributed by atoms with E-state index in [9.17, 15) is 9.59 Å².